The molecule has 0 heterocycles. The summed E-state index contributed by atoms with van der Waals surface area (Å²) in [5.74, 6) is -0.863. The molecule has 2 rings (SSSR count). The van der Waals surface area contributed by atoms with Crippen LogP contribution in [0.3, 0.4) is 0 Å². The van der Waals surface area contributed by atoms with Crippen molar-refractivity contribution in [1.29, 1.82) is 0 Å². The SMILES string of the molecule is COC(=O)c1cccc(NS(=O)(=O)Cc2ccc(Cl)cc2Cl)c1. The van der Waals surface area contributed by atoms with Crippen molar-refractivity contribution in [2.75, 3.05) is 11.8 Å². The van der Waals surface area contributed by atoms with Gasteiger partial charge in [0.2, 0.25) is 10.0 Å². The summed E-state index contributed by atoms with van der Waals surface area (Å²) in [5.41, 5.74) is 0.933. The van der Waals surface area contributed by atoms with Crippen molar-refractivity contribution in [3.63, 3.8) is 0 Å². The second-order valence-electron chi connectivity index (χ2n) is 4.67. The lowest BCUT2D eigenvalue weighted by atomic mass is 10.2. The van der Waals surface area contributed by atoms with Gasteiger partial charge >= 0.3 is 5.97 Å². The van der Waals surface area contributed by atoms with E-state index in [1.54, 1.807) is 18.2 Å². The Morgan fingerprint density at radius 3 is 2.57 bits per heavy atom. The minimum absolute atomic E-state index is 0.247. The Kier molecular flexibility index (Phi) is 5.51. The third kappa shape index (κ3) is 4.86. The lowest BCUT2D eigenvalue weighted by molar-refractivity contribution is 0.0601. The fraction of sp³-hybridized carbons (Fsp3) is 0.133. The summed E-state index contributed by atoms with van der Waals surface area (Å²) in [6.07, 6.45) is 0. The summed E-state index contributed by atoms with van der Waals surface area (Å²) >= 11 is 11.8. The van der Waals surface area contributed by atoms with E-state index < -0.39 is 16.0 Å². The van der Waals surface area contributed by atoms with Crippen LogP contribution in [0.15, 0.2) is 42.5 Å². The van der Waals surface area contributed by atoms with E-state index in [9.17, 15) is 13.2 Å². The second-order valence-corrected chi connectivity index (χ2v) is 7.24. The number of anilines is 1. The minimum Gasteiger partial charge on any atom is -0.465 e. The number of hydrogen-bond acceptors (Lipinski definition) is 4. The molecule has 0 unspecified atom stereocenters. The standard InChI is InChI=1S/C15H13Cl2NO4S/c1-22-15(19)10-3-2-4-13(7-10)18-23(20,21)9-11-5-6-12(16)8-14(11)17/h2-8,18H,9H2,1H3. The Labute approximate surface area is 144 Å². The molecule has 0 bridgehead atoms. The molecule has 0 radical (unpaired) electrons. The van der Waals surface area contributed by atoms with Crippen LogP contribution in [-0.2, 0) is 20.5 Å². The normalized spacial score (nSPS) is 11.1. The molecule has 0 spiro atoms. The first kappa shape index (κ1) is 17.6. The molecule has 2 aromatic carbocycles. The topological polar surface area (TPSA) is 72.5 Å². The van der Waals surface area contributed by atoms with Gasteiger partial charge in [0.1, 0.15) is 0 Å². The van der Waals surface area contributed by atoms with E-state index in [-0.39, 0.29) is 22.0 Å². The average Bonchev–Trinajstić information content (AvgIpc) is 2.49. The molecular formula is C15H13Cl2NO4S. The fourth-order valence-corrected chi connectivity index (χ4v) is 3.66. The maximum absolute atomic E-state index is 12.2. The van der Waals surface area contributed by atoms with Gasteiger partial charge < -0.3 is 4.74 Å². The average molecular weight is 374 g/mol. The maximum atomic E-state index is 12.2. The number of rotatable bonds is 5. The third-order valence-electron chi connectivity index (χ3n) is 2.92. The van der Waals surface area contributed by atoms with Gasteiger partial charge in [0.25, 0.3) is 0 Å². The Hall–Kier alpha value is -1.76. The van der Waals surface area contributed by atoms with Crippen LogP contribution in [-0.4, -0.2) is 21.5 Å². The molecule has 0 aliphatic rings. The van der Waals surface area contributed by atoms with Gasteiger partial charge in [0, 0.05) is 15.7 Å². The van der Waals surface area contributed by atoms with Crippen LogP contribution in [0.2, 0.25) is 10.0 Å². The van der Waals surface area contributed by atoms with Gasteiger partial charge in [-0.25, -0.2) is 13.2 Å². The smallest absolute Gasteiger partial charge is 0.337 e. The maximum Gasteiger partial charge on any atom is 0.337 e. The van der Waals surface area contributed by atoms with Gasteiger partial charge in [-0.05, 0) is 35.9 Å². The van der Waals surface area contributed by atoms with Gasteiger partial charge in [0.05, 0.1) is 18.4 Å². The summed E-state index contributed by atoms with van der Waals surface area (Å²) in [7, 11) is -2.45. The van der Waals surface area contributed by atoms with Gasteiger partial charge in [0.15, 0.2) is 0 Å². The Balaban J connectivity index is 2.19. The number of hydrogen-bond donors (Lipinski definition) is 1. The third-order valence-corrected chi connectivity index (χ3v) is 4.74. The molecule has 0 atom stereocenters. The molecule has 0 aromatic heterocycles. The summed E-state index contributed by atoms with van der Waals surface area (Å²) in [5, 5.41) is 0.695. The first-order chi connectivity index (χ1) is 10.8. The van der Waals surface area contributed by atoms with Crippen molar-refractivity contribution in [3.8, 4) is 0 Å². The predicted octanol–water partition coefficient (Wildman–Crippen LogP) is 3.72. The van der Waals surface area contributed by atoms with Crippen LogP contribution in [0.5, 0.6) is 0 Å². The van der Waals surface area contributed by atoms with Crippen molar-refractivity contribution >= 4 is 44.9 Å². The van der Waals surface area contributed by atoms with E-state index in [4.69, 9.17) is 23.2 Å². The number of nitrogens with one attached hydrogen (secondary N) is 1. The molecule has 0 amide bonds. The molecule has 122 valence electrons. The zero-order chi connectivity index (χ0) is 17.0. The number of carbonyl (C=O) groups excluding carboxylic acids is 1. The van der Waals surface area contributed by atoms with Crippen LogP contribution < -0.4 is 4.72 Å². The van der Waals surface area contributed by atoms with Crippen LogP contribution in [0.25, 0.3) is 0 Å². The monoisotopic (exact) mass is 373 g/mol. The number of sulfonamides is 1. The highest BCUT2D eigenvalue weighted by Gasteiger charge is 2.15. The largest absolute Gasteiger partial charge is 0.465 e. The molecule has 0 fully saturated rings. The van der Waals surface area contributed by atoms with E-state index in [1.807, 2.05) is 0 Å². The minimum atomic E-state index is -3.70. The summed E-state index contributed by atoms with van der Waals surface area (Å²) < 4.78 is 31.5. The quantitative estimate of drug-likeness (QED) is 0.810. The van der Waals surface area contributed by atoms with E-state index >= 15 is 0 Å². The molecule has 0 aliphatic heterocycles. The first-order valence-electron chi connectivity index (χ1n) is 6.43. The van der Waals surface area contributed by atoms with Crippen LogP contribution in [0.4, 0.5) is 5.69 Å². The van der Waals surface area contributed by atoms with Gasteiger partial charge in [-0.15, -0.1) is 0 Å². The molecule has 5 nitrogen and oxygen atoms in total. The predicted molar refractivity (Wildman–Crippen MR) is 90.5 cm³/mol. The molecule has 2 aromatic rings. The zero-order valence-corrected chi connectivity index (χ0v) is 14.4. The van der Waals surface area contributed by atoms with Crippen molar-refractivity contribution in [1.82, 2.24) is 0 Å². The van der Waals surface area contributed by atoms with Gasteiger partial charge in [-0.1, -0.05) is 35.3 Å². The molecule has 1 N–H and O–H groups in total. The van der Waals surface area contributed by atoms with Gasteiger partial charge in [-0.3, -0.25) is 4.72 Å². The van der Waals surface area contributed by atoms with Crippen molar-refractivity contribution < 1.29 is 17.9 Å². The highest BCUT2D eigenvalue weighted by molar-refractivity contribution is 7.91. The van der Waals surface area contributed by atoms with Crippen molar-refractivity contribution in [2.24, 2.45) is 0 Å². The fourth-order valence-electron chi connectivity index (χ4n) is 1.89. The second kappa shape index (κ2) is 7.21. The van der Waals surface area contributed by atoms with E-state index in [0.717, 1.165) is 0 Å². The zero-order valence-electron chi connectivity index (χ0n) is 12.0. The van der Waals surface area contributed by atoms with E-state index in [2.05, 4.69) is 9.46 Å². The molecule has 8 heteroatoms. The molecule has 23 heavy (non-hydrogen) atoms. The summed E-state index contributed by atoms with van der Waals surface area (Å²) in [4.78, 5) is 11.5. The molecular weight excluding hydrogens is 361 g/mol. The Morgan fingerprint density at radius 2 is 1.91 bits per heavy atom. The number of esters is 1. The summed E-state index contributed by atoms with van der Waals surface area (Å²) in [6.45, 7) is 0. The van der Waals surface area contributed by atoms with E-state index in [1.165, 1.54) is 31.4 Å². The van der Waals surface area contributed by atoms with Crippen molar-refractivity contribution in [3.05, 3.63) is 63.6 Å². The Bertz CT molecular complexity index is 837. The number of carbonyl (C=O) groups is 1. The first-order valence-corrected chi connectivity index (χ1v) is 8.84. The highest BCUT2D eigenvalue weighted by atomic mass is 35.5. The molecule has 0 aliphatic carbocycles. The number of ether oxygens (including phenoxy) is 1. The van der Waals surface area contributed by atoms with Crippen LogP contribution in [0, 0.1) is 0 Å². The number of benzene rings is 2. The van der Waals surface area contributed by atoms with Crippen LogP contribution in [0.1, 0.15) is 15.9 Å². The highest BCUT2D eigenvalue weighted by Crippen LogP contribution is 2.23. The van der Waals surface area contributed by atoms with E-state index in [0.29, 0.717) is 10.6 Å². The lowest BCUT2D eigenvalue weighted by Gasteiger charge is -2.10. The van der Waals surface area contributed by atoms with Crippen molar-refractivity contribution in [2.45, 2.75) is 5.75 Å². The number of halogens is 2. The van der Waals surface area contributed by atoms with Crippen LogP contribution >= 0.6 is 23.2 Å². The molecule has 0 saturated carbocycles. The Morgan fingerprint density at radius 1 is 1.17 bits per heavy atom. The molecule has 0 saturated heterocycles. The van der Waals surface area contributed by atoms with Gasteiger partial charge in [-0.2, -0.15) is 0 Å². The lowest BCUT2D eigenvalue weighted by Crippen LogP contribution is -2.15. The number of methoxy groups -OCH3 is 1. The summed E-state index contributed by atoms with van der Waals surface area (Å²) in [6, 6.07) is 10.6.